The van der Waals surface area contributed by atoms with Crippen molar-refractivity contribution < 1.29 is 22.5 Å². The Balaban J connectivity index is 2.04. The minimum Gasteiger partial charge on any atom is -0.468 e. The molecule has 0 unspecified atom stereocenters. The van der Waals surface area contributed by atoms with Gasteiger partial charge in [0.15, 0.2) is 11.6 Å². The number of sulfonamides is 1. The van der Waals surface area contributed by atoms with E-state index in [4.69, 9.17) is 10.3 Å². The molecule has 1 saturated heterocycles. The zero-order chi connectivity index (χ0) is 15.7. The minimum atomic E-state index is -3.68. The quantitative estimate of drug-likeness (QED) is 0.709. The van der Waals surface area contributed by atoms with Gasteiger partial charge in [0.1, 0.15) is 0 Å². The maximum atomic E-state index is 12.0. The average molecular weight is 318 g/mol. The summed E-state index contributed by atoms with van der Waals surface area (Å²) in [6, 6.07) is 0. The maximum Gasteiger partial charge on any atom is 0.322 e. The van der Waals surface area contributed by atoms with Crippen LogP contribution in [0.25, 0.3) is 0 Å². The van der Waals surface area contributed by atoms with E-state index < -0.39 is 27.3 Å². The molecule has 10 heteroatoms. The van der Waals surface area contributed by atoms with Crippen molar-refractivity contribution in [3.63, 3.8) is 0 Å². The summed E-state index contributed by atoms with van der Waals surface area (Å²) < 4.78 is 34.6. The molecular formula is C11H18N4O5S. The normalized spacial score (nSPS) is 19.4. The second-order valence-corrected chi connectivity index (χ2v) is 6.99. The molecule has 1 aliphatic heterocycles. The van der Waals surface area contributed by atoms with Gasteiger partial charge in [0.25, 0.3) is 0 Å². The molecule has 118 valence electrons. The predicted octanol–water partition coefficient (Wildman–Crippen LogP) is -0.869. The van der Waals surface area contributed by atoms with Crippen LogP contribution < -0.4 is 5.73 Å². The van der Waals surface area contributed by atoms with Gasteiger partial charge in [-0.2, -0.15) is 4.98 Å². The van der Waals surface area contributed by atoms with Crippen LogP contribution >= 0.6 is 0 Å². The molecule has 0 aliphatic carbocycles. The Morgan fingerprint density at radius 1 is 1.48 bits per heavy atom. The van der Waals surface area contributed by atoms with Gasteiger partial charge in [-0.25, -0.2) is 12.7 Å². The number of ether oxygens (including phenoxy) is 1. The molecule has 1 aromatic heterocycles. The van der Waals surface area contributed by atoms with Crippen LogP contribution in [-0.2, 0) is 25.1 Å². The third kappa shape index (κ3) is 3.39. The Kier molecular flexibility index (Phi) is 4.30. The van der Waals surface area contributed by atoms with Crippen LogP contribution in [0.2, 0.25) is 0 Å². The second kappa shape index (κ2) is 5.70. The van der Waals surface area contributed by atoms with Gasteiger partial charge in [-0.1, -0.05) is 5.16 Å². The van der Waals surface area contributed by atoms with Crippen molar-refractivity contribution in [2.24, 2.45) is 5.73 Å². The fraction of sp³-hybridized carbons (Fsp3) is 0.727. The summed E-state index contributed by atoms with van der Waals surface area (Å²) in [7, 11) is -2.53. The van der Waals surface area contributed by atoms with Gasteiger partial charge in [0, 0.05) is 20.0 Å². The number of methoxy groups -OCH3 is 1. The monoisotopic (exact) mass is 318 g/mol. The lowest BCUT2D eigenvalue weighted by Crippen LogP contribution is -2.51. The van der Waals surface area contributed by atoms with E-state index in [0.717, 1.165) is 7.11 Å². The van der Waals surface area contributed by atoms with Gasteiger partial charge >= 0.3 is 5.97 Å². The summed E-state index contributed by atoms with van der Waals surface area (Å²) in [5, 5.41) is 3.81. The minimum absolute atomic E-state index is 0.198. The van der Waals surface area contributed by atoms with Gasteiger partial charge in [-0.3, -0.25) is 4.79 Å². The van der Waals surface area contributed by atoms with Crippen LogP contribution in [0.15, 0.2) is 4.52 Å². The van der Waals surface area contributed by atoms with E-state index in [1.54, 1.807) is 6.92 Å². The number of hydrogen-bond donors (Lipinski definition) is 1. The third-order valence-electron chi connectivity index (χ3n) is 3.51. The number of rotatable bonds is 4. The molecule has 0 atom stereocenters. The highest BCUT2D eigenvalue weighted by Crippen LogP contribution is 2.29. The van der Waals surface area contributed by atoms with Crippen LogP contribution in [0.3, 0.4) is 0 Å². The Morgan fingerprint density at radius 2 is 2.10 bits per heavy atom. The molecule has 0 saturated carbocycles. The first-order valence-corrected chi connectivity index (χ1v) is 8.02. The van der Waals surface area contributed by atoms with Crippen LogP contribution in [0.1, 0.15) is 24.6 Å². The van der Waals surface area contributed by atoms with E-state index >= 15 is 0 Å². The van der Waals surface area contributed by atoms with Crippen molar-refractivity contribution in [3.05, 3.63) is 11.7 Å². The average Bonchev–Trinajstić information content (AvgIpc) is 2.86. The predicted molar refractivity (Wildman–Crippen MR) is 71.5 cm³/mol. The van der Waals surface area contributed by atoms with Crippen LogP contribution in [0.4, 0.5) is 0 Å². The summed E-state index contributed by atoms with van der Waals surface area (Å²) in [5.41, 5.74) is 5.42. The summed E-state index contributed by atoms with van der Waals surface area (Å²) >= 11 is 0. The number of carbonyl (C=O) groups is 1. The van der Waals surface area contributed by atoms with Crippen molar-refractivity contribution in [3.8, 4) is 0 Å². The lowest BCUT2D eigenvalue weighted by Gasteiger charge is -2.36. The molecule has 0 bridgehead atoms. The first-order chi connectivity index (χ1) is 9.77. The Labute approximate surface area is 122 Å². The zero-order valence-corrected chi connectivity index (χ0v) is 12.7. The van der Waals surface area contributed by atoms with Crippen LogP contribution in [0.5, 0.6) is 0 Å². The van der Waals surface area contributed by atoms with Gasteiger partial charge in [0.2, 0.25) is 15.9 Å². The Hall–Kier alpha value is -1.52. The van der Waals surface area contributed by atoms with Crippen molar-refractivity contribution in [1.29, 1.82) is 0 Å². The molecule has 1 aliphatic rings. The van der Waals surface area contributed by atoms with E-state index in [1.165, 1.54) is 4.31 Å². The second-order valence-electron chi connectivity index (χ2n) is 5.02. The maximum absolute atomic E-state index is 12.0. The topological polar surface area (TPSA) is 129 Å². The number of nitrogens with zero attached hydrogens (tertiary/aromatic N) is 3. The molecule has 1 aromatic rings. The lowest BCUT2D eigenvalue weighted by molar-refractivity contribution is -0.137. The highest BCUT2D eigenvalue weighted by atomic mass is 32.2. The summed E-state index contributed by atoms with van der Waals surface area (Å²) in [6.07, 6.45) is 0.707. The smallest absolute Gasteiger partial charge is 0.322 e. The molecule has 1 fully saturated rings. The number of hydrogen-bond acceptors (Lipinski definition) is 8. The molecule has 0 amide bonds. The van der Waals surface area contributed by atoms with Crippen molar-refractivity contribution in [2.45, 2.75) is 25.3 Å². The van der Waals surface area contributed by atoms with E-state index in [1.807, 2.05) is 0 Å². The fourth-order valence-electron chi connectivity index (χ4n) is 2.19. The number of aryl methyl sites for hydroxylation is 1. The van der Waals surface area contributed by atoms with Crippen LogP contribution in [0, 0.1) is 6.92 Å². The van der Waals surface area contributed by atoms with Gasteiger partial charge < -0.3 is 15.0 Å². The summed E-state index contributed by atoms with van der Waals surface area (Å²) in [4.78, 5) is 15.2. The largest absolute Gasteiger partial charge is 0.468 e. The molecule has 2 heterocycles. The molecule has 21 heavy (non-hydrogen) atoms. The summed E-state index contributed by atoms with van der Waals surface area (Å²) in [6.45, 7) is 2.06. The van der Waals surface area contributed by atoms with E-state index in [-0.39, 0.29) is 13.1 Å². The first kappa shape index (κ1) is 15.9. The van der Waals surface area contributed by atoms with Gasteiger partial charge in [-0.05, 0) is 12.8 Å². The van der Waals surface area contributed by atoms with Gasteiger partial charge in [-0.15, -0.1) is 0 Å². The molecule has 0 radical (unpaired) electrons. The SMILES string of the molecule is COC(=O)CS(=O)(=O)N1CCC(N)(c2noc(C)n2)CC1. The number of nitrogens with two attached hydrogens (primary N) is 1. The fourth-order valence-corrected chi connectivity index (χ4v) is 3.52. The molecule has 9 nitrogen and oxygen atoms in total. The summed E-state index contributed by atoms with van der Waals surface area (Å²) in [5.74, 6) is -0.656. The Morgan fingerprint density at radius 3 is 2.57 bits per heavy atom. The van der Waals surface area contributed by atoms with Gasteiger partial charge in [0.05, 0.1) is 12.6 Å². The van der Waals surface area contributed by atoms with E-state index in [2.05, 4.69) is 14.9 Å². The van der Waals surface area contributed by atoms with E-state index in [0.29, 0.717) is 24.6 Å². The first-order valence-electron chi connectivity index (χ1n) is 6.41. The molecule has 2 N–H and O–H groups in total. The molecular weight excluding hydrogens is 300 g/mol. The number of aromatic nitrogens is 2. The van der Waals surface area contributed by atoms with Crippen molar-refractivity contribution >= 4 is 16.0 Å². The zero-order valence-electron chi connectivity index (χ0n) is 11.9. The number of esters is 1. The third-order valence-corrected chi connectivity index (χ3v) is 5.26. The van der Waals surface area contributed by atoms with Crippen molar-refractivity contribution in [1.82, 2.24) is 14.4 Å². The molecule has 0 aromatic carbocycles. The van der Waals surface area contributed by atoms with Crippen molar-refractivity contribution in [2.75, 3.05) is 26.0 Å². The lowest BCUT2D eigenvalue weighted by atomic mass is 9.89. The van der Waals surface area contributed by atoms with Crippen LogP contribution in [-0.4, -0.2) is 54.8 Å². The number of piperidine rings is 1. The highest BCUT2D eigenvalue weighted by Gasteiger charge is 2.40. The highest BCUT2D eigenvalue weighted by molar-refractivity contribution is 7.89. The molecule has 2 rings (SSSR count). The Bertz CT molecular complexity index is 618. The van der Waals surface area contributed by atoms with E-state index in [9.17, 15) is 13.2 Å². The molecule has 0 spiro atoms. The standard InChI is InChI=1S/C11H18N4O5S/c1-8-13-10(14-20-8)11(12)3-5-15(6-4-11)21(17,18)7-9(16)19-2/h3-7,12H2,1-2H3. The number of carbonyl (C=O) groups excluding carboxylic acids is 1.